The molecule has 8 nitrogen and oxygen atoms in total. The van der Waals surface area contributed by atoms with Crippen LogP contribution in [0.1, 0.15) is 23.5 Å². The smallest absolute Gasteiger partial charge is 0.349 e. The van der Waals surface area contributed by atoms with Crippen LogP contribution in [0, 0.1) is 10.1 Å². The molecule has 0 aliphatic carbocycles. The van der Waals surface area contributed by atoms with E-state index < -0.39 is 22.9 Å². The second-order valence-corrected chi connectivity index (χ2v) is 7.17. The van der Waals surface area contributed by atoms with Crippen LogP contribution in [0.5, 0.6) is 5.75 Å². The highest BCUT2D eigenvalue weighted by Gasteiger charge is 2.21. The molecule has 0 unspecified atom stereocenters. The number of amides is 1. The highest BCUT2D eigenvalue weighted by molar-refractivity contribution is 7.20. The van der Waals surface area contributed by atoms with E-state index >= 15 is 0 Å². The Morgan fingerprint density at radius 1 is 1.17 bits per heavy atom. The third-order valence-corrected chi connectivity index (χ3v) is 5.09. The number of nitro groups is 1. The molecule has 150 valence electrons. The molecule has 1 N–H and O–H groups in total. The summed E-state index contributed by atoms with van der Waals surface area (Å²) in [5, 5.41) is 14.1. The van der Waals surface area contributed by atoms with Crippen molar-refractivity contribution >= 4 is 44.7 Å². The molecule has 9 heteroatoms. The van der Waals surface area contributed by atoms with Crippen molar-refractivity contribution in [3.8, 4) is 5.75 Å². The van der Waals surface area contributed by atoms with Crippen molar-refractivity contribution in [1.82, 2.24) is 0 Å². The molecule has 1 heterocycles. The molecule has 0 saturated heterocycles. The van der Waals surface area contributed by atoms with Crippen molar-refractivity contribution in [3.05, 3.63) is 63.5 Å². The normalized spacial score (nSPS) is 11.7. The van der Waals surface area contributed by atoms with Gasteiger partial charge in [-0.1, -0.05) is 0 Å². The van der Waals surface area contributed by atoms with Gasteiger partial charge in [-0.25, -0.2) is 4.79 Å². The number of fused-ring (bicyclic) bond motifs is 1. The van der Waals surface area contributed by atoms with Crippen LogP contribution in [-0.4, -0.2) is 29.5 Å². The first-order chi connectivity index (χ1) is 13.9. The summed E-state index contributed by atoms with van der Waals surface area (Å²) in [5.74, 6) is -0.447. The van der Waals surface area contributed by atoms with Gasteiger partial charge in [-0.05, 0) is 50.2 Å². The second-order valence-electron chi connectivity index (χ2n) is 6.08. The zero-order valence-electron chi connectivity index (χ0n) is 15.7. The van der Waals surface area contributed by atoms with Gasteiger partial charge in [0.25, 0.3) is 11.6 Å². The van der Waals surface area contributed by atoms with Gasteiger partial charge in [0.15, 0.2) is 6.10 Å². The van der Waals surface area contributed by atoms with Gasteiger partial charge in [-0.3, -0.25) is 14.9 Å². The zero-order chi connectivity index (χ0) is 21.0. The Balaban J connectivity index is 1.64. The topological polar surface area (TPSA) is 108 Å². The van der Waals surface area contributed by atoms with Crippen LogP contribution < -0.4 is 10.1 Å². The van der Waals surface area contributed by atoms with Gasteiger partial charge in [-0.15, -0.1) is 11.3 Å². The number of rotatable bonds is 7. The molecule has 1 atom stereocenters. The van der Waals surface area contributed by atoms with E-state index in [0.717, 1.165) is 11.3 Å². The van der Waals surface area contributed by atoms with Crippen molar-refractivity contribution in [2.75, 3.05) is 11.9 Å². The van der Waals surface area contributed by atoms with E-state index in [1.165, 1.54) is 25.1 Å². The van der Waals surface area contributed by atoms with E-state index in [4.69, 9.17) is 9.47 Å². The molecular formula is C20H18N2O6S. The van der Waals surface area contributed by atoms with Crippen LogP contribution in [0.2, 0.25) is 0 Å². The molecule has 0 radical (unpaired) electrons. The number of nitrogens with one attached hydrogen (secondary N) is 1. The summed E-state index contributed by atoms with van der Waals surface area (Å²) < 4.78 is 11.3. The van der Waals surface area contributed by atoms with Gasteiger partial charge in [0.1, 0.15) is 10.6 Å². The monoisotopic (exact) mass is 414 g/mol. The number of carbonyl (C=O) groups excluding carboxylic acids is 2. The first-order valence-corrected chi connectivity index (χ1v) is 9.61. The van der Waals surface area contributed by atoms with E-state index in [1.807, 2.05) is 6.92 Å². The lowest BCUT2D eigenvalue weighted by Crippen LogP contribution is -2.29. The lowest BCUT2D eigenvalue weighted by Gasteiger charge is -2.13. The van der Waals surface area contributed by atoms with E-state index in [9.17, 15) is 19.7 Å². The predicted molar refractivity (Wildman–Crippen MR) is 110 cm³/mol. The minimum Gasteiger partial charge on any atom is -0.494 e. The molecule has 0 spiro atoms. The number of hydrogen-bond donors (Lipinski definition) is 1. The Hall–Kier alpha value is -3.46. The largest absolute Gasteiger partial charge is 0.494 e. The van der Waals surface area contributed by atoms with Gasteiger partial charge in [0, 0.05) is 27.9 Å². The van der Waals surface area contributed by atoms with E-state index in [-0.39, 0.29) is 10.6 Å². The Morgan fingerprint density at radius 3 is 2.55 bits per heavy atom. The molecule has 29 heavy (non-hydrogen) atoms. The van der Waals surface area contributed by atoms with Crippen molar-refractivity contribution in [3.63, 3.8) is 0 Å². The number of non-ortho nitro benzene ring substituents is 1. The maximum absolute atomic E-state index is 12.4. The van der Waals surface area contributed by atoms with Gasteiger partial charge >= 0.3 is 5.97 Å². The maximum Gasteiger partial charge on any atom is 0.349 e. The molecule has 3 rings (SSSR count). The van der Waals surface area contributed by atoms with Crippen LogP contribution in [0.3, 0.4) is 0 Å². The Bertz CT molecular complexity index is 1060. The van der Waals surface area contributed by atoms with Crippen molar-refractivity contribution in [2.24, 2.45) is 0 Å². The molecule has 0 fully saturated rings. The van der Waals surface area contributed by atoms with Gasteiger partial charge < -0.3 is 14.8 Å². The molecule has 0 aliphatic rings. The molecule has 0 bridgehead atoms. The number of hydrogen-bond acceptors (Lipinski definition) is 7. The summed E-state index contributed by atoms with van der Waals surface area (Å²) in [5.41, 5.74) is 0.494. The lowest BCUT2D eigenvalue weighted by molar-refractivity contribution is -0.384. The summed E-state index contributed by atoms with van der Waals surface area (Å²) in [6.45, 7) is 3.90. The predicted octanol–water partition coefficient (Wildman–Crippen LogP) is 4.39. The molecular weight excluding hydrogens is 396 g/mol. The molecule has 1 amide bonds. The van der Waals surface area contributed by atoms with Crippen molar-refractivity contribution in [1.29, 1.82) is 0 Å². The van der Waals surface area contributed by atoms with E-state index in [1.54, 1.807) is 30.3 Å². The quantitative estimate of drug-likeness (QED) is 0.349. The number of nitrogens with zero attached hydrogens (tertiary/aromatic N) is 1. The minimum atomic E-state index is -1.02. The third-order valence-electron chi connectivity index (χ3n) is 4.00. The number of ether oxygens (including phenoxy) is 2. The van der Waals surface area contributed by atoms with Crippen LogP contribution in [0.4, 0.5) is 11.4 Å². The number of nitro benzene ring substituents is 1. The van der Waals surface area contributed by atoms with Crippen LogP contribution in [0.15, 0.2) is 48.5 Å². The first kappa shape index (κ1) is 20.3. The van der Waals surface area contributed by atoms with Crippen molar-refractivity contribution in [2.45, 2.75) is 20.0 Å². The highest BCUT2D eigenvalue weighted by Crippen LogP contribution is 2.29. The summed E-state index contributed by atoms with van der Waals surface area (Å²) in [6.07, 6.45) is -1.02. The van der Waals surface area contributed by atoms with Crippen LogP contribution in [-0.2, 0) is 9.53 Å². The summed E-state index contributed by atoms with van der Waals surface area (Å²) >= 11 is 1.15. The number of anilines is 1. The number of benzene rings is 2. The first-order valence-electron chi connectivity index (χ1n) is 8.80. The Morgan fingerprint density at radius 2 is 1.90 bits per heavy atom. The standard InChI is InChI=1S/C20H18N2O6S/c1-3-27-16-7-4-14(5-8-16)21-19(23)12(2)28-20(24)18-11-13-10-15(22(25)26)6-9-17(13)29-18/h4-12H,3H2,1-2H3,(H,21,23)/t12-/m0/s1. The molecule has 0 saturated carbocycles. The fourth-order valence-corrected chi connectivity index (χ4v) is 3.49. The fraction of sp³-hybridized carbons (Fsp3) is 0.200. The average molecular weight is 414 g/mol. The molecule has 3 aromatic rings. The third kappa shape index (κ3) is 4.88. The second kappa shape index (κ2) is 8.70. The Labute approximate surface area is 170 Å². The maximum atomic E-state index is 12.4. The number of esters is 1. The summed E-state index contributed by atoms with van der Waals surface area (Å²) in [6, 6.07) is 12.7. The van der Waals surface area contributed by atoms with Crippen LogP contribution >= 0.6 is 11.3 Å². The summed E-state index contributed by atoms with van der Waals surface area (Å²) in [7, 11) is 0. The van der Waals surface area contributed by atoms with Crippen molar-refractivity contribution < 1.29 is 24.0 Å². The van der Waals surface area contributed by atoms with Gasteiger partial charge in [-0.2, -0.15) is 0 Å². The summed E-state index contributed by atoms with van der Waals surface area (Å²) in [4.78, 5) is 35.3. The van der Waals surface area contributed by atoms with Gasteiger partial charge in [0.2, 0.25) is 0 Å². The molecule has 2 aromatic carbocycles. The lowest BCUT2D eigenvalue weighted by atomic mass is 10.2. The fourth-order valence-electron chi connectivity index (χ4n) is 2.56. The van der Waals surface area contributed by atoms with E-state index in [0.29, 0.717) is 28.1 Å². The number of carbonyl (C=O) groups is 2. The molecule has 0 aliphatic heterocycles. The van der Waals surface area contributed by atoms with E-state index in [2.05, 4.69) is 5.32 Å². The average Bonchev–Trinajstić information content (AvgIpc) is 3.13. The van der Waals surface area contributed by atoms with Crippen LogP contribution in [0.25, 0.3) is 10.1 Å². The minimum absolute atomic E-state index is 0.0571. The zero-order valence-corrected chi connectivity index (χ0v) is 16.5. The Kier molecular flexibility index (Phi) is 6.08. The molecule has 1 aromatic heterocycles. The number of thiophene rings is 1. The highest BCUT2D eigenvalue weighted by atomic mass is 32.1. The van der Waals surface area contributed by atoms with Gasteiger partial charge in [0.05, 0.1) is 11.5 Å². The SMILES string of the molecule is CCOc1ccc(NC(=O)[C@H](C)OC(=O)c2cc3cc([N+](=O)[O-])ccc3s2)cc1.